The van der Waals surface area contributed by atoms with Gasteiger partial charge in [0.05, 0.1) is 24.2 Å². The van der Waals surface area contributed by atoms with E-state index >= 15 is 0 Å². The molecule has 0 aliphatic heterocycles. The summed E-state index contributed by atoms with van der Waals surface area (Å²) in [7, 11) is 1.59. The Labute approximate surface area is 218 Å². The zero-order chi connectivity index (χ0) is 25.9. The van der Waals surface area contributed by atoms with Crippen molar-refractivity contribution in [2.24, 2.45) is 5.10 Å². The molecule has 4 aromatic carbocycles. The van der Waals surface area contributed by atoms with E-state index in [0.717, 1.165) is 16.5 Å². The summed E-state index contributed by atoms with van der Waals surface area (Å²) >= 11 is 0. The van der Waals surface area contributed by atoms with E-state index in [2.05, 4.69) is 5.10 Å². The number of benzene rings is 4. The summed E-state index contributed by atoms with van der Waals surface area (Å²) in [6.45, 7) is 0.420. The van der Waals surface area contributed by atoms with Crippen molar-refractivity contribution in [1.82, 2.24) is 9.66 Å². The fourth-order valence-corrected chi connectivity index (χ4v) is 4.23. The predicted octanol–water partition coefficient (Wildman–Crippen LogP) is 6.28. The van der Waals surface area contributed by atoms with Gasteiger partial charge >= 0.3 is 0 Å². The van der Waals surface area contributed by atoms with Crippen LogP contribution in [0.3, 0.4) is 0 Å². The van der Waals surface area contributed by atoms with E-state index in [1.54, 1.807) is 31.5 Å². The number of aromatic nitrogens is 2. The Balaban J connectivity index is 1.38. The molecule has 0 amide bonds. The van der Waals surface area contributed by atoms with Gasteiger partial charge < -0.3 is 13.9 Å². The minimum Gasteiger partial charge on any atom is -0.493 e. The maximum atomic E-state index is 13.5. The lowest BCUT2D eigenvalue weighted by atomic mass is 10.2. The van der Waals surface area contributed by atoms with Crippen molar-refractivity contribution >= 4 is 28.1 Å². The van der Waals surface area contributed by atoms with Gasteiger partial charge in [0.25, 0.3) is 5.56 Å². The van der Waals surface area contributed by atoms with Crippen molar-refractivity contribution in [1.29, 1.82) is 0 Å². The molecule has 6 rings (SSSR count). The lowest BCUT2D eigenvalue weighted by Gasteiger charge is -2.11. The van der Waals surface area contributed by atoms with Gasteiger partial charge in [0.2, 0.25) is 5.82 Å². The summed E-state index contributed by atoms with van der Waals surface area (Å²) in [5, 5.41) is 5.91. The second-order valence-corrected chi connectivity index (χ2v) is 8.65. The normalized spacial score (nSPS) is 11.4. The Bertz CT molecular complexity index is 1800. The SMILES string of the molecule is COc1cc(C=Nn2c(-c3cc4ccccc4o3)nc3ccccc3c2=O)ccc1OCc1ccccc1. The first-order valence-corrected chi connectivity index (χ1v) is 12.1. The molecule has 0 unspecified atom stereocenters. The molecule has 0 N–H and O–H groups in total. The fourth-order valence-electron chi connectivity index (χ4n) is 4.23. The maximum Gasteiger partial charge on any atom is 0.282 e. The van der Waals surface area contributed by atoms with E-state index in [0.29, 0.717) is 46.2 Å². The summed E-state index contributed by atoms with van der Waals surface area (Å²) in [5.41, 5.74) is 2.76. The van der Waals surface area contributed by atoms with Crippen LogP contribution in [0.2, 0.25) is 0 Å². The molecule has 7 nitrogen and oxygen atoms in total. The Morgan fingerprint density at radius 2 is 1.68 bits per heavy atom. The highest BCUT2D eigenvalue weighted by molar-refractivity contribution is 5.85. The number of fused-ring (bicyclic) bond motifs is 2. The standard InChI is InChI=1S/C31H23N3O4/c1-36-28-17-22(15-16-27(28)37-20-21-9-3-2-4-10-21)19-32-34-30(29-18-23-11-5-8-14-26(23)38-29)33-25-13-7-6-12-24(25)31(34)35/h2-19H,20H2,1H3. The molecule has 0 saturated carbocycles. The van der Waals surface area contributed by atoms with Gasteiger partial charge in [0.15, 0.2) is 17.3 Å². The highest BCUT2D eigenvalue weighted by atomic mass is 16.5. The first-order valence-electron chi connectivity index (χ1n) is 12.1. The minimum atomic E-state index is -0.294. The molecule has 2 aromatic heterocycles. The second kappa shape index (κ2) is 10.1. The van der Waals surface area contributed by atoms with Crippen LogP contribution in [0.4, 0.5) is 0 Å². The third kappa shape index (κ3) is 4.53. The number of furan rings is 1. The van der Waals surface area contributed by atoms with Crippen molar-refractivity contribution in [2.75, 3.05) is 7.11 Å². The summed E-state index contributed by atoms with van der Waals surface area (Å²) in [6.07, 6.45) is 1.59. The van der Waals surface area contributed by atoms with Gasteiger partial charge in [0.1, 0.15) is 12.2 Å². The van der Waals surface area contributed by atoms with Gasteiger partial charge in [-0.15, -0.1) is 0 Å². The van der Waals surface area contributed by atoms with E-state index in [4.69, 9.17) is 18.9 Å². The maximum absolute atomic E-state index is 13.5. The number of methoxy groups -OCH3 is 1. The van der Waals surface area contributed by atoms with Gasteiger partial charge in [-0.1, -0.05) is 60.7 Å². The quantitative estimate of drug-likeness (QED) is 0.241. The van der Waals surface area contributed by atoms with Crippen LogP contribution in [0.15, 0.2) is 117 Å². The van der Waals surface area contributed by atoms with Gasteiger partial charge in [0, 0.05) is 5.39 Å². The van der Waals surface area contributed by atoms with Crippen LogP contribution in [-0.4, -0.2) is 23.0 Å². The topological polar surface area (TPSA) is 78.9 Å². The number of ether oxygens (including phenoxy) is 2. The first kappa shape index (κ1) is 23.2. The molecule has 186 valence electrons. The molecule has 2 heterocycles. The number of hydrogen-bond donors (Lipinski definition) is 0. The number of nitrogens with zero attached hydrogens (tertiary/aromatic N) is 3. The fraction of sp³-hybridized carbons (Fsp3) is 0.0645. The molecule has 0 saturated heterocycles. The number of rotatable bonds is 7. The van der Waals surface area contributed by atoms with Gasteiger partial charge in [-0.25, -0.2) is 4.98 Å². The molecule has 0 atom stereocenters. The Kier molecular flexibility index (Phi) is 6.16. The van der Waals surface area contributed by atoms with Crippen LogP contribution in [-0.2, 0) is 6.61 Å². The van der Waals surface area contributed by atoms with Crippen molar-refractivity contribution in [3.63, 3.8) is 0 Å². The monoisotopic (exact) mass is 501 g/mol. The van der Waals surface area contributed by atoms with E-state index in [-0.39, 0.29) is 5.56 Å². The largest absolute Gasteiger partial charge is 0.493 e. The lowest BCUT2D eigenvalue weighted by molar-refractivity contribution is 0.284. The Morgan fingerprint density at radius 1 is 0.895 bits per heavy atom. The van der Waals surface area contributed by atoms with Crippen LogP contribution in [0, 0.1) is 0 Å². The molecule has 0 bridgehead atoms. The molecule has 0 aliphatic rings. The molecule has 0 spiro atoms. The first-order chi connectivity index (χ1) is 18.7. The summed E-state index contributed by atoms with van der Waals surface area (Å²) in [4.78, 5) is 18.2. The van der Waals surface area contributed by atoms with Gasteiger partial charge in [-0.3, -0.25) is 4.79 Å². The van der Waals surface area contributed by atoms with Crippen LogP contribution < -0.4 is 15.0 Å². The number of para-hydroxylation sites is 2. The molecule has 0 fully saturated rings. The molecular weight excluding hydrogens is 478 g/mol. The third-order valence-electron chi connectivity index (χ3n) is 6.15. The van der Waals surface area contributed by atoms with Crippen molar-refractivity contribution < 1.29 is 13.9 Å². The van der Waals surface area contributed by atoms with Crippen molar-refractivity contribution in [3.8, 4) is 23.1 Å². The zero-order valence-corrected chi connectivity index (χ0v) is 20.6. The molecule has 0 radical (unpaired) electrons. The van der Waals surface area contributed by atoms with Gasteiger partial charge in [-0.2, -0.15) is 9.78 Å². The summed E-state index contributed by atoms with van der Waals surface area (Å²) in [6, 6.07) is 32.1. The highest BCUT2D eigenvalue weighted by Gasteiger charge is 2.16. The Hall–Kier alpha value is -5.17. The van der Waals surface area contributed by atoms with Gasteiger partial charge in [-0.05, 0) is 53.6 Å². The number of hydrogen-bond acceptors (Lipinski definition) is 6. The van der Waals surface area contributed by atoms with E-state index in [9.17, 15) is 4.79 Å². The van der Waals surface area contributed by atoms with Crippen molar-refractivity contribution in [2.45, 2.75) is 6.61 Å². The van der Waals surface area contributed by atoms with E-state index in [1.807, 2.05) is 84.9 Å². The Morgan fingerprint density at radius 3 is 2.53 bits per heavy atom. The molecule has 7 heteroatoms. The lowest BCUT2D eigenvalue weighted by Crippen LogP contribution is -2.20. The van der Waals surface area contributed by atoms with E-state index in [1.165, 1.54) is 4.68 Å². The average Bonchev–Trinajstić information content (AvgIpc) is 3.40. The second-order valence-electron chi connectivity index (χ2n) is 8.65. The van der Waals surface area contributed by atoms with Crippen LogP contribution in [0.5, 0.6) is 11.5 Å². The van der Waals surface area contributed by atoms with Crippen LogP contribution in [0.1, 0.15) is 11.1 Å². The molecular formula is C31H23N3O4. The highest BCUT2D eigenvalue weighted by Crippen LogP contribution is 2.29. The summed E-state index contributed by atoms with van der Waals surface area (Å²) < 4.78 is 18.8. The minimum absolute atomic E-state index is 0.294. The summed E-state index contributed by atoms with van der Waals surface area (Å²) in [5.74, 6) is 1.94. The average molecular weight is 502 g/mol. The predicted molar refractivity (Wildman–Crippen MR) is 148 cm³/mol. The zero-order valence-electron chi connectivity index (χ0n) is 20.6. The van der Waals surface area contributed by atoms with Crippen LogP contribution >= 0.6 is 0 Å². The third-order valence-corrected chi connectivity index (χ3v) is 6.15. The smallest absolute Gasteiger partial charge is 0.282 e. The molecule has 6 aromatic rings. The van der Waals surface area contributed by atoms with Crippen LogP contribution in [0.25, 0.3) is 33.5 Å². The molecule has 38 heavy (non-hydrogen) atoms. The molecule has 0 aliphatic carbocycles. The van der Waals surface area contributed by atoms with Crippen molar-refractivity contribution in [3.05, 3.63) is 125 Å². The van der Waals surface area contributed by atoms with E-state index < -0.39 is 0 Å².